The summed E-state index contributed by atoms with van der Waals surface area (Å²) in [4.78, 5) is 0. The van der Waals surface area contributed by atoms with E-state index in [-0.39, 0.29) is 5.56 Å². The summed E-state index contributed by atoms with van der Waals surface area (Å²) in [6.45, 7) is 0.353. The summed E-state index contributed by atoms with van der Waals surface area (Å²) < 4.78 is 27.1. The van der Waals surface area contributed by atoms with Crippen LogP contribution in [0.25, 0.3) is 0 Å². The van der Waals surface area contributed by atoms with Crippen molar-refractivity contribution in [1.29, 1.82) is 0 Å². The molecule has 0 unspecified atom stereocenters. The summed E-state index contributed by atoms with van der Waals surface area (Å²) >= 11 is 0. The van der Waals surface area contributed by atoms with Gasteiger partial charge in [0, 0.05) is 12.7 Å². The van der Waals surface area contributed by atoms with Crippen LogP contribution in [0.2, 0.25) is 0 Å². The van der Waals surface area contributed by atoms with Crippen molar-refractivity contribution >= 4 is 0 Å². The molecule has 1 heterocycles. The van der Waals surface area contributed by atoms with Crippen molar-refractivity contribution in [2.45, 2.75) is 12.8 Å². The van der Waals surface area contributed by atoms with Gasteiger partial charge in [-0.1, -0.05) is 0 Å². The third kappa shape index (κ3) is 1.32. The Morgan fingerprint density at radius 2 is 2.25 bits per heavy atom. The Kier molecular flexibility index (Phi) is 2.14. The molecule has 0 aliphatic carbocycles. The van der Waals surface area contributed by atoms with E-state index in [1.807, 2.05) is 0 Å². The van der Waals surface area contributed by atoms with E-state index < -0.39 is 12.5 Å². The van der Waals surface area contributed by atoms with Gasteiger partial charge in [0.2, 0.25) is 0 Å². The molecule has 0 aliphatic heterocycles. The molecular formula is C7H10F2N2O. The van der Waals surface area contributed by atoms with Gasteiger partial charge in [-0.15, -0.1) is 0 Å². The van der Waals surface area contributed by atoms with Crippen molar-refractivity contribution in [3.05, 3.63) is 17.5 Å². The number of aryl methyl sites for hydroxylation is 1. The lowest BCUT2D eigenvalue weighted by Crippen LogP contribution is -2.19. The molecule has 0 aromatic carbocycles. The van der Waals surface area contributed by atoms with E-state index in [1.54, 1.807) is 7.05 Å². The molecule has 1 aromatic heterocycles. The molecule has 68 valence electrons. The Morgan fingerprint density at radius 1 is 1.67 bits per heavy atom. The molecule has 1 N–H and O–H groups in total. The van der Waals surface area contributed by atoms with Gasteiger partial charge in [0.05, 0.1) is 11.8 Å². The maximum Gasteiger partial charge on any atom is 0.299 e. The van der Waals surface area contributed by atoms with Gasteiger partial charge < -0.3 is 5.11 Å². The summed E-state index contributed by atoms with van der Waals surface area (Å²) in [6, 6.07) is 0. The van der Waals surface area contributed by atoms with Crippen LogP contribution < -0.4 is 0 Å². The number of alkyl halides is 2. The molecule has 5 heteroatoms. The Balaban J connectivity index is 3.11. The standard InChI is InChI=1S/C7H10F2N2O/c1-5-6(3-10-11(5)2)7(8,9)4-12/h3,12H,4H2,1-2H3. The smallest absolute Gasteiger partial charge is 0.299 e. The minimum Gasteiger partial charge on any atom is -0.390 e. The minimum atomic E-state index is -3.18. The molecule has 0 amide bonds. The van der Waals surface area contributed by atoms with E-state index in [9.17, 15) is 8.78 Å². The SMILES string of the molecule is Cc1c(C(F)(F)CO)cnn1C. The third-order valence-electron chi connectivity index (χ3n) is 1.83. The summed E-state index contributed by atoms with van der Waals surface area (Å²) in [5.74, 6) is -3.18. The van der Waals surface area contributed by atoms with Gasteiger partial charge in [-0.3, -0.25) is 4.68 Å². The van der Waals surface area contributed by atoms with Crippen LogP contribution in [0.15, 0.2) is 6.20 Å². The molecule has 0 saturated heterocycles. The van der Waals surface area contributed by atoms with E-state index in [0.717, 1.165) is 6.20 Å². The van der Waals surface area contributed by atoms with Gasteiger partial charge in [-0.25, -0.2) is 0 Å². The highest BCUT2D eigenvalue weighted by Crippen LogP contribution is 2.28. The number of aromatic nitrogens is 2. The topological polar surface area (TPSA) is 38.1 Å². The lowest BCUT2D eigenvalue weighted by Gasteiger charge is -2.11. The zero-order valence-corrected chi connectivity index (χ0v) is 6.88. The molecule has 0 aliphatic rings. The Morgan fingerprint density at radius 3 is 2.58 bits per heavy atom. The predicted octanol–water partition coefficient (Wildman–Crippen LogP) is 0.813. The number of halogens is 2. The average molecular weight is 176 g/mol. The number of hydrogen-bond donors (Lipinski definition) is 1. The number of hydrogen-bond acceptors (Lipinski definition) is 2. The third-order valence-corrected chi connectivity index (χ3v) is 1.83. The van der Waals surface area contributed by atoms with Crippen LogP contribution in [0.4, 0.5) is 8.78 Å². The van der Waals surface area contributed by atoms with Crippen molar-refractivity contribution in [2.24, 2.45) is 7.05 Å². The minimum absolute atomic E-state index is 0.215. The normalized spacial score (nSPS) is 12.1. The van der Waals surface area contributed by atoms with Gasteiger partial charge in [0.1, 0.15) is 6.61 Å². The highest BCUT2D eigenvalue weighted by Gasteiger charge is 2.33. The van der Waals surface area contributed by atoms with Gasteiger partial charge in [0.25, 0.3) is 5.92 Å². The summed E-state index contributed by atoms with van der Waals surface area (Å²) in [5.41, 5.74) is 0.154. The molecule has 12 heavy (non-hydrogen) atoms. The average Bonchev–Trinajstić information content (AvgIpc) is 2.33. The van der Waals surface area contributed by atoms with Crippen LogP contribution in [0.3, 0.4) is 0 Å². The first-order valence-corrected chi connectivity index (χ1v) is 3.47. The largest absolute Gasteiger partial charge is 0.390 e. The van der Waals surface area contributed by atoms with Gasteiger partial charge >= 0.3 is 0 Å². The Hall–Kier alpha value is -0.970. The first-order valence-electron chi connectivity index (χ1n) is 3.47. The summed E-state index contributed by atoms with van der Waals surface area (Å²) in [6.07, 6.45) is 1.07. The lowest BCUT2D eigenvalue weighted by atomic mass is 10.1. The molecule has 0 bridgehead atoms. The highest BCUT2D eigenvalue weighted by molar-refractivity contribution is 5.21. The van der Waals surface area contributed by atoms with Crippen molar-refractivity contribution < 1.29 is 13.9 Å². The van der Waals surface area contributed by atoms with Crippen LogP contribution >= 0.6 is 0 Å². The van der Waals surface area contributed by atoms with E-state index >= 15 is 0 Å². The van der Waals surface area contributed by atoms with Crippen molar-refractivity contribution in [1.82, 2.24) is 9.78 Å². The Labute approximate surface area is 68.6 Å². The first kappa shape index (κ1) is 9.12. The molecule has 3 nitrogen and oxygen atoms in total. The second kappa shape index (κ2) is 2.82. The van der Waals surface area contributed by atoms with Crippen molar-refractivity contribution in [3.8, 4) is 0 Å². The monoisotopic (exact) mass is 176 g/mol. The molecule has 0 saturated carbocycles. The molecular weight excluding hydrogens is 166 g/mol. The zero-order chi connectivity index (χ0) is 9.35. The highest BCUT2D eigenvalue weighted by atomic mass is 19.3. The molecule has 1 aromatic rings. The maximum absolute atomic E-state index is 12.9. The van der Waals surface area contributed by atoms with E-state index in [0.29, 0.717) is 5.69 Å². The fourth-order valence-electron chi connectivity index (χ4n) is 0.943. The van der Waals surface area contributed by atoms with Gasteiger partial charge in [0.15, 0.2) is 0 Å². The zero-order valence-electron chi connectivity index (χ0n) is 6.88. The Bertz CT molecular complexity index is 283. The van der Waals surface area contributed by atoms with Crippen LogP contribution in [-0.4, -0.2) is 21.5 Å². The number of rotatable bonds is 2. The fourth-order valence-corrected chi connectivity index (χ4v) is 0.943. The number of aliphatic hydroxyl groups is 1. The van der Waals surface area contributed by atoms with E-state index in [2.05, 4.69) is 5.10 Å². The van der Waals surface area contributed by atoms with E-state index in [4.69, 9.17) is 5.11 Å². The van der Waals surface area contributed by atoms with Gasteiger partial charge in [-0.2, -0.15) is 13.9 Å². The van der Waals surface area contributed by atoms with Gasteiger partial charge in [-0.05, 0) is 6.92 Å². The van der Waals surface area contributed by atoms with Crippen LogP contribution in [-0.2, 0) is 13.0 Å². The molecule has 0 atom stereocenters. The van der Waals surface area contributed by atoms with Crippen LogP contribution in [0.1, 0.15) is 11.3 Å². The molecule has 0 spiro atoms. The lowest BCUT2D eigenvalue weighted by molar-refractivity contribution is -0.0561. The number of nitrogens with zero attached hydrogens (tertiary/aromatic N) is 2. The molecule has 0 fully saturated rings. The van der Waals surface area contributed by atoms with Crippen molar-refractivity contribution in [3.63, 3.8) is 0 Å². The maximum atomic E-state index is 12.9. The second-order valence-electron chi connectivity index (χ2n) is 2.63. The predicted molar refractivity (Wildman–Crippen MR) is 38.9 cm³/mol. The summed E-state index contributed by atoms with van der Waals surface area (Å²) in [7, 11) is 1.58. The first-order chi connectivity index (χ1) is 5.49. The van der Waals surface area contributed by atoms with Crippen molar-refractivity contribution in [2.75, 3.05) is 6.61 Å². The second-order valence-corrected chi connectivity index (χ2v) is 2.63. The van der Waals surface area contributed by atoms with Crippen LogP contribution in [0.5, 0.6) is 0 Å². The summed E-state index contributed by atoms with van der Waals surface area (Å²) in [5, 5.41) is 12.1. The molecule has 0 radical (unpaired) electrons. The van der Waals surface area contributed by atoms with E-state index in [1.165, 1.54) is 11.6 Å². The fraction of sp³-hybridized carbons (Fsp3) is 0.571. The quantitative estimate of drug-likeness (QED) is 0.724. The molecule has 1 rings (SSSR count). The van der Waals surface area contributed by atoms with Crippen LogP contribution in [0, 0.1) is 6.92 Å². The number of aliphatic hydroxyl groups excluding tert-OH is 1.